The third kappa shape index (κ3) is 3.22. The fourth-order valence-corrected chi connectivity index (χ4v) is 2.45. The second-order valence-electron chi connectivity index (χ2n) is 5.37. The Kier molecular flexibility index (Phi) is 4.20. The van der Waals surface area contributed by atoms with Crippen molar-refractivity contribution in [2.45, 2.75) is 13.8 Å². The van der Waals surface area contributed by atoms with Crippen molar-refractivity contribution in [3.63, 3.8) is 0 Å². The molecule has 1 amide bonds. The number of nitrogens with one attached hydrogen (secondary N) is 1. The van der Waals surface area contributed by atoms with Gasteiger partial charge < -0.3 is 5.11 Å². The first-order valence-electron chi connectivity index (χ1n) is 7.40. The third-order valence-corrected chi connectivity index (χ3v) is 3.56. The number of carbonyl (C=O) groups is 1. The van der Waals surface area contributed by atoms with E-state index in [2.05, 4.69) is 20.3 Å². The fourth-order valence-electron chi connectivity index (χ4n) is 2.45. The van der Waals surface area contributed by atoms with Crippen LogP contribution in [0.4, 0.5) is 10.5 Å². The van der Waals surface area contributed by atoms with Crippen LogP contribution in [-0.2, 0) is 0 Å². The van der Waals surface area contributed by atoms with Crippen LogP contribution in [0.1, 0.15) is 11.4 Å². The van der Waals surface area contributed by atoms with E-state index in [1.165, 1.54) is 0 Å². The Morgan fingerprint density at radius 3 is 2.29 bits per heavy atom. The molecular formula is C18H16N4O2. The van der Waals surface area contributed by atoms with E-state index in [4.69, 9.17) is 5.11 Å². The second kappa shape index (κ2) is 6.45. The van der Waals surface area contributed by atoms with Gasteiger partial charge in [0.2, 0.25) is 0 Å². The Labute approximate surface area is 139 Å². The minimum Gasteiger partial charge on any atom is -0.465 e. The zero-order valence-corrected chi connectivity index (χ0v) is 13.3. The molecule has 0 saturated heterocycles. The van der Waals surface area contributed by atoms with Gasteiger partial charge in [-0.05, 0) is 25.5 Å². The average Bonchev–Trinajstić information content (AvgIpc) is 2.56. The highest BCUT2D eigenvalue weighted by Gasteiger charge is 2.14. The number of hydrogen-bond acceptors (Lipinski definition) is 4. The lowest BCUT2D eigenvalue weighted by atomic mass is 10.0. The molecule has 2 aromatic heterocycles. The Balaban J connectivity index is 2.18. The molecule has 2 heterocycles. The predicted molar refractivity (Wildman–Crippen MR) is 91.8 cm³/mol. The minimum atomic E-state index is -1.13. The molecule has 3 rings (SSSR count). The van der Waals surface area contributed by atoms with Gasteiger partial charge in [0, 0.05) is 23.5 Å². The fraction of sp³-hybridized carbons (Fsp3) is 0.111. The van der Waals surface area contributed by atoms with Crippen LogP contribution in [0.15, 0.2) is 48.8 Å². The molecule has 0 aliphatic heterocycles. The summed E-state index contributed by atoms with van der Waals surface area (Å²) in [7, 11) is 0. The zero-order valence-electron chi connectivity index (χ0n) is 13.3. The summed E-state index contributed by atoms with van der Waals surface area (Å²) >= 11 is 0. The molecule has 0 aliphatic rings. The number of anilines is 1. The molecule has 2 N–H and O–H groups in total. The van der Waals surface area contributed by atoms with Crippen LogP contribution in [0.5, 0.6) is 0 Å². The van der Waals surface area contributed by atoms with Crippen molar-refractivity contribution in [2.75, 3.05) is 5.32 Å². The first-order valence-corrected chi connectivity index (χ1v) is 7.40. The molecular weight excluding hydrogens is 304 g/mol. The summed E-state index contributed by atoms with van der Waals surface area (Å²) in [6.07, 6.45) is 2.31. The molecule has 6 nitrogen and oxygen atoms in total. The molecule has 0 radical (unpaired) electrons. The second-order valence-corrected chi connectivity index (χ2v) is 5.37. The highest BCUT2D eigenvalue weighted by molar-refractivity contribution is 5.90. The van der Waals surface area contributed by atoms with E-state index in [1.807, 2.05) is 44.2 Å². The first-order chi connectivity index (χ1) is 11.5. The van der Waals surface area contributed by atoms with Gasteiger partial charge in [-0.1, -0.05) is 30.3 Å². The molecule has 1 aromatic carbocycles. The van der Waals surface area contributed by atoms with Crippen LogP contribution in [-0.4, -0.2) is 26.2 Å². The molecule has 0 atom stereocenters. The largest absolute Gasteiger partial charge is 0.465 e. The lowest BCUT2D eigenvalue weighted by molar-refractivity contribution is 0.210. The summed E-state index contributed by atoms with van der Waals surface area (Å²) in [5.74, 6) is 0.684. The van der Waals surface area contributed by atoms with Gasteiger partial charge in [0.05, 0.1) is 17.1 Å². The standard InChI is InChI=1S/C18H16N4O2/c1-11-8-15(21-18(23)24)17(13-6-4-3-5-7-13)22-16(11)14-9-19-12(2)20-10-14/h3-10,21H,1-2H3,(H,23,24). The Hall–Kier alpha value is -3.28. The van der Waals surface area contributed by atoms with Gasteiger partial charge in [-0.3, -0.25) is 5.32 Å². The van der Waals surface area contributed by atoms with E-state index in [0.717, 1.165) is 22.4 Å². The van der Waals surface area contributed by atoms with Gasteiger partial charge >= 0.3 is 6.09 Å². The van der Waals surface area contributed by atoms with Crippen LogP contribution < -0.4 is 5.32 Å². The van der Waals surface area contributed by atoms with E-state index in [1.54, 1.807) is 18.5 Å². The molecule has 6 heteroatoms. The van der Waals surface area contributed by atoms with Crippen molar-refractivity contribution in [1.82, 2.24) is 15.0 Å². The number of carboxylic acid groups (broad SMARTS) is 1. The number of benzene rings is 1. The molecule has 0 aliphatic carbocycles. The molecule has 0 unspecified atom stereocenters. The van der Waals surface area contributed by atoms with Crippen molar-refractivity contribution in [3.05, 3.63) is 60.2 Å². The van der Waals surface area contributed by atoms with Gasteiger partial charge in [-0.15, -0.1) is 0 Å². The summed E-state index contributed by atoms with van der Waals surface area (Å²) in [6.45, 7) is 3.70. The highest BCUT2D eigenvalue weighted by Crippen LogP contribution is 2.31. The maximum absolute atomic E-state index is 11.1. The van der Waals surface area contributed by atoms with Gasteiger partial charge in [-0.2, -0.15) is 0 Å². The smallest absolute Gasteiger partial charge is 0.409 e. The maximum Gasteiger partial charge on any atom is 0.409 e. The number of aryl methyl sites for hydroxylation is 2. The normalized spacial score (nSPS) is 10.4. The Morgan fingerprint density at radius 1 is 1.00 bits per heavy atom. The predicted octanol–water partition coefficient (Wildman–Crippen LogP) is 3.91. The van der Waals surface area contributed by atoms with Crippen LogP contribution in [0.3, 0.4) is 0 Å². The summed E-state index contributed by atoms with van der Waals surface area (Å²) in [5.41, 5.74) is 4.20. The highest BCUT2D eigenvalue weighted by atomic mass is 16.4. The van der Waals surface area contributed by atoms with Gasteiger partial charge in [0.25, 0.3) is 0 Å². The van der Waals surface area contributed by atoms with Crippen LogP contribution in [0.25, 0.3) is 22.5 Å². The number of hydrogen-bond donors (Lipinski definition) is 2. The van der Waals surface area contributed by atoms with Crippen molar-refractivity contribution >= 4 is 11.8 Å². The summed E-state index contributed by atoms with van der Waals surface area (Å²) < 4.78 is 0. The SMILES string of the molecule is Cc1ncc(-c2nc(-c3ccccc3)c(NC(=O)O)cc2C)cn1. The van der Waals surface area contributed by atoms with E-state index >= 15 is 0 Å². The van der Waals surface area contributed by atoms with Crippen LogP contribution in [0.2, 0.25) is 0 Å². The number of nitrogens with zero attached hydrogens (tertiary/aromatic N) is 3. The molecule has 24 heavy (non-hydrogen) atoms. The van der Waals surface area contributed by atoms with Gasteiger partial charge in [0.15, 0.2) is 0 Å². The van der Waals surface area contributed by atoms with E-state index in [0.29, 0.717) is 17.2 Å². The Bertz CT molecular complexity index is 878. The number of rotatable bonds is 3. The first kappa shape index (κ1) is 15.6. The van der Waals surface area contributed by atoms with Crippen molar-refractivity contribution < 1.29 is 9.90 Å². The molecule has 0 fully saturated rings. The van der Waals surface area contributed by atoms with Crippen molar-refractivity contribution in [2.24, 2.45) is 0 Å². The summed E-state index contributed by atoms with van der Waals surface area (Å²) in [5, 5.41) is 11.5. The monoisotopic (exact) mass is 320 g/mol. The van der Waals surface area contributed by atoms with E-state index in [-0.39, 0.29) is 0 Å². The molecule has 120 valence electrons. The average molecular weight is 320 g/mol. The molecule has 3 aromatic rings. The number of pyridine rings is 1. The lowest BCUT2D eigenvalue weighted by Gasteiger charge is -2.13. The van der Waals surface area contributed by atoms with E-state index in [9.17, 15) is 4.79 Å². The Morgan fingerprint density at radius 2 is 1.67 bits per heavy atom. The number of aromatic nitrogens is 3. The zero-order chi connectivity index (χ0) is 17.1. The molecule has 0 bridgehead atoms. The molecule has 0 saturated carbocycles. The van der Waals surface area contributed by atoms with Crippen LogP contribution >= 0.6 is 0 Å². The lowest BCUT2D eigenvalue weighted by Crippen LogP contribution is -2.10. The van der Waals surface area contributed by atoms with Gasteiger partial charge in [-0.25, -0.2) is 19.7 Å². The van der Waals surface area contributed by atoms with E-state index < -0.39 is 6.09 Å². The third-order valence-electron chi connectivity index (χ3n) is 3.56. The topological polar surface area (TPSA) is 88.0 Å². The van der Waals surface area contributed by atoms with Crippen LogP contribution in [0, 0.1) is 13.8 Å². The summed E-state index contributed by atoms with van der Waals surface area (Å²) in [4.78, 5) is 24.2. The van der Waals surface area contributed by atoms with Gasteiger partial charge in [0.1, 0.15) is 5.82 Å². The minimum absolute atomic E-state index is 0.447. The van der Waals surface area contributed by atoms with Crippen molar-refractivity contribution in [1.29, 1.82) is 0 Å². The summed E-state index contributed by atoms with van der Waals surface area (Å²) in [6, 6.07) is 11.2. The van der Waals surface area contributed by atoms with Crippen molar-refractivity contribution in [3.8, 4) is 22.5 Å². The number of amides is 1. The molecule has 0 spiro atoms. The maximum atomic E-state index is 11.1. The quantitative estimate of drug-likeness (QED) is 0.764.